The monoisotopic (exact) mass is 590 g/mol. The van der Waals surface area contributed by atoms with Crippen molar-refractivity contribution in [3.63, 3.8) is 0 Å². The van der Waals surface area contributed by atoms with Crippen LogP contribution in [0.15, 0.2) is 0 Å². The Hall–Kier alpha value is -1.52. The minimum atomic E-state index is -0.486. The highest BCUT2D eigenvalue weighted by Crippen LogP contribution is 2.71. The van der Waals surface area contributed by atoms with Gasteiger partial charge in [0.1, 0.15) is 23.0 Å². The van der Waals surface area contributed by atoms with Crippen LogP contribution in [-0.4, -0.2) is 28.9 Å². The Morgan fingerprint density at radius 1 is 0.907 bits per heavy atom. The third-order valence-electron chi connectivity index (χ3n) is 16.5. The molecule has 0 amide bonds. The Balaban J connectivity index is 0.937. The Bertz CT molecular complexity index is 1240. The normalized spacial score (nSPS) is 53.4. The molecule has 15 unspecified atom stereocenters. The van der Waals surface area contributed by atoms with Gasteiger partial charge < -0.3 is 4.74 Å². The number of ketones is 3. The van der Waals surface area contributed by atoms with E-state index in [9.17, 15) is 19.2 Å². The summed E-state index contributed by atoms with van der Waals surface area (Å²) in [7, 11) is 0. The summed E-state index contributed by atoms with van der Waals surface area (Å²) in [6.07, 6.45) is 13.6. The minimum absolute atomic E-state index is 0.0241. The number of fused-ring (bicyclic) bond motifs is 14. The summed E-state index contributed by atoms with van der Waals surface area (Å²) < 4.78 is 6.54. The van der Waals surface area contributed by atoms with Crippen molar-refractivity contribution in [2.75, 3.05) is 0 Å². The third kappa shape index (κ3) is 3.87. The first-order valence-corrected chi connectivity index (χ1v) is 18.3. The van der Waals surface area contributed by atoms with E-state index in [1.807, 2.05) is 0 Å². The Morgan fingerprint density at radius 3 is 2.44 bits per heavy atom. The van der Waals surface area contributed by atoms with E-state index in [1.165, 1.54) is 25.7 Å². The summed E-state index contributed by atoms with van der Waals surface area (Å²) in [6, 6.07) is 0. The molecule has 5 heteroatoms. The Kier molecular flexibility index (Phi) is 6.55. The lowest BCUT2D eigenvalue weighted by Gasteiger charge is -2.58. The van der Waals surface area contributed by atoms with Crippen LogP contribution < -0.4 is 0 Å². The van der Waals surface area contributed by atoms with Crippen LogP contribution in [0.1, 0.15) is 124 Å². The fourth-order valence-electron chi connectivity index (χ4n) is 14.5. The fourth-order valence-corrected chi connectivity index (χ4v) is 14.5. The van der Waals surface area contributed by atoms with Gasteiger partial charge in [-0.25, -0.2) is 0 Å². The molecule has 5 nitrogen and oxygen atoms in total. The third-order valence-corrected chi connectivity index (χ3v) is 16.5. The lowest BCUT2D eigenvalue weighted by molar-refractivity contribution is -0.173. The molecule has 0 saturated heterocycles. The highest BCUT2D eigenvalue weighted by molar-refractivity contribution is 5.93. The molecule has 8 aliphatic rings. The first-order valence-electron chi connectivity index (χ1n) is 18.3. The molecule has 0 heterocycles. The highest BCUT2D eigenvalue weighted by atomic mass is 16.6. The number of Topliss-reactive ketones (excluding diaryl/α,β-unsaturated/α-hetero) is 3. The van der Waals surface area contributed by atoms with E-state index in [0.717, 1.165) is 68.1 Å². The standard InChI is InChI=1S/C38H54O5/c1-5-38(19-23-15-29(38)34-22-8-7-21(14-22)33(23)34)43-32(42)11-6-20(2)26-9-10-27-35-28(18-31(41)37(26,27)4)36(3)13-12-25(39)16-24(36)17-30(35)40/h20-24,26-29,33-35H,5-19H2,1-4H3. The summed E-state index contributed by atoms with van der Waals surface area (Å²) in [5, 5.41) is 0. The molecule has 236 valence electrons. The quantitative estimate of drug-likeness (QED) is 0.238. The van der Waals surface area contributed by atoms with E-state index < -0.39 is 5.41 Å². The zero-order valence-corrected chi connectivity index (χ0v) is 27.1. The van der Waals surface area contributed by atoms with Gasteiger partial charge in [0.05, 0.1) is 0 Å². The van der Waals surface area contributed by atoms with Crippen molar-refractivity contribution in [1.29, 1.82) is 0 Å². The van der Waals surface area contributed by atoms with Crippen molar-refractivity contribution >= 4 is 23.3 Å². The summed E-state index contributed by atoms with van der Waals surface area (Å²) >= 11 is 0. The molecule has 8 aliphatic carbocycles. The van der Waals surface area contributed by atoms with Crippen molar-refractivity contribution < 1.29 is 23.9 Å². The van der Waals surface area contributed by atoms with Crippen LogP contribution in [-0.2, 0) is 23.9 Å². The van der Waals surface area contributed by atoms with Gasteiger partial charge in [0, 0.05) is 49.4 Å². The van der Waals surface area contributed by atoms with Gasteiger partial charge in [0.2, 0.25) is 0 Å². The maximum atomic E-state index is 14.2. The van der Waals surface area contributed by atoms with Crippen molar-refractivity contribution in [3.8, 4) is 0 Å². The molecule has 0 aromatic carbocycles. The summed E-state index contributed by atoms with van der Waals surface area (Å²) in [6.45, 7) is 8.93. The van der Waals surface area contributed by atoms with Gasteiger partial charge in [-0.3, -0.25) is 19.2 Å². The van der Waals surface area contributed by atoms with Crippen molar-refractivity contribution in [2.24, 2.45) is 81.8 Å². The lowest BCUT2D eigenvalue weighted by atomic mass is 9.44. The van der Waals surface area contributed by atoms with Gasteiger partial charge in [-0.05, 0) is 129 Å². The average Bonchev–Trinajstić information content (AvgIpc) is 3.79. The predicted molar refractivity (Wildman–Crippen MR) is 163 cm³/mol. The largest absolute Gasteiger partial charge is 0.459 e. The topological polar surface area (TPSA) is 77.5 Å². The zero-order chi connectivity index (χ0) is 30.1. The number of esters is 1. The maximum absolute atomic E-state index is 14.2. The summed E-state index contributed by atoms with van der Waals surface area (Å²) in [5.41, 5.74) is -0.807. The van der Waals surface area contributed by atoms with Gasteiger partial charge >= 0.3 is 5.97 Å². The molecule has 0 aromatic rings. The molecule has 4 bridgehead atoms. The molecular formula is C38H54O5. The van der Waals surface area contributed by atoms with Gasteiger partial charge in [-0.1, -0.05) is 27.7 Å². The smallest absolute Gasteiger partial charge is 0.306 e. The van der Waals surface area contributed by atoms with E-state index in [-0.39, 0.29) is 58.3 Å². The van der Waals surface area contributed by atoms with E-state index in [2.05, 4.69) is 27.7 Å². The average molecular weight is 591 g/mol. The first-order chi connectivity index (χ1) is 20.5. The predicted octanol–water partition coefficient (Wildman–Crippen LogP) is 7.38. The molecule has 0 spiro atoms. The zero-order valence-electron chi connectivity index (χ0n) is 27.1. The minimum Gasteiger partial charge on any atom is -0.459 e. The molecule has 0 N–H and O–H groups in total. The number of ether oxygens (including phenoxy) is 1. The molecule has 15 atom stereocenters. The van der Waals surface area contributed by atoms with E-state index in [0.29, 0.717) is 49.6 Å². The second-order valence-electron chi connectivity index (χ2n) is 17.7. The van der Waals surface area contributed by atoms with Crippen LogP contribution >= 0.6 is 0 Å². The van der Waals surface area contributed by atoms with Crippen LogP contribution in [0.5, 0.6) is 0 Å². The Labute approximate surface area is 258 Å². The van der Waals surface area contributed by atoms with Crippen molar-refractivity contribution in [1.82, 2.24) is 0 Å². The van der Waals surface area contributed by atoms with Crippen LogP contribution in [0.4, 0.5) is 0 Å². The fraction of sp³-hybridized carbons (Fsp3) is 0.895. The van der Waals surface area contributed by atoms with Crippen molar-refractivity contribution in [3.05, 3.63) is 0 Å². The van der Waals surface area contributed by atoms with Crippen LogP contribution in [0.3, 0.4) is 0 Å². The molecule has 8 saturated carbocycles. The van der Waals surface area contributed by atoms with Crippen LogP contribution in [0, 0.1) is 81.8 Å². The first kappa shape index (κ1) is 28.9. The van der Waals surface area contributed by atoms with Crippen LogP contribution in [0.2, 0.25) is 0 Å². The van der Waals surface area contributed by atoms with E-state index in [1.54, 1.807) is 0 Å². The summed E-state index contributed by atoms with van der Waals surface area (Å²) in [5.74, 6) is 6.51. The SMILES string of the molecule is CCC1(OC(=O)CCC(C)C2CCC3C4C(=O)CC5CC(=O)CCC5(C)C4CC(=O)C23C)CC2CC1C1C3CCC(C3)C21. The molecule has 0 aromatic heterocycles. The summed E-state index contributed by atoms with van der Waals surface area (Å²) in [4.78, 5) is 53.7. The number of carbonyl (C=O) groups excluding carboxylic acids is 4. The second-order valence-corrected chi connectivity index (χ2v) is 17.7. The second kappa shape index (κ2) is 9.74. The Morgan fingerprint density at radius 2 is 1.67 bits per heavy atom. The molecule has 0 radical (unpaired) electrons. The number of hydrogen-bond donors (Lipinski definition) is 0. The van der Waals surface area contributed by atoms with E-state index in [4.69, 9.17) is 4.74 Å². The van der Waals surface area contributed by atoms with Crippen molar-refractivity contribution in [2.45, 2.75) is 130 Å². The number of rotatable bonds is 6. The molecule has 8 rings (SSSR count). The maximum Gasteiger partial charge on any atom is 0.306 e. The van der Waals surface area contributed by atoms with Gasteiger partial charge in [0.15, 0.2) is 0 Å². The lowest BCUT2D eigenvalue weighted by Crippen LogP contribution is -2.60. The highest BCUT2D eigenvalue weighted by Gasteiger charge is 2.68. The van der Waals surface area contributed by atoms with Gasteiger partial charge in [-0.15, -0.1) is 0 Å². The molecular weight excluding hydrogens is 536 g/mol. The number of hydrogen-bond acceptors (Lipinski definition) is 5. The molecule has 8 fully saturated rings. The van der Waals surface area contributed by atoms with E-state index >= 15 is 0 Å². The number of carbonyl (C=O) groups is 4. The van der Waals surface area contributed by atoms with Crippen LogP contribution in [0.25, 0.3) is 0 Å². The molecule has 0 aliphatic heterocycles. The molecule has 43 heavy (non-hydrogen) atoms. The van der Waals surface area contributed by atoms with Gasteiger partial charge in [-0.2, -0.15) is 0 Å². The van der Waals surface area contributed by atoms with Gasteiger partial charge in [0.25, 0.3) is 0 Å².